The summed E-state index contributed by atoms with van der Waals surface area (Å²) in [7, 11) is 1.59. The van der Waals surface area contributed by atoms with Crippen molar-refractivity contribution in [1.29, 1.82) is 0 Å². The molecule has 0 radical (unpaired) electrons. The fourth-order valence-corrected chi connectivity index (χ4v) is 1.70. The Morgan fingerprint density at radius 3 is 2.65 bits per heavy atom. The topological polar surface area (TPSA) is 93.3 Å². The number of nitrogens with two attached hydrogens (primary N) is 1. The van der Waals surface area contributed by atoms with Gasteiger partial charge in [-0.3, -0.25) is 14.3 Å². The summed E-state index contributed by atoms with van der Waals surface area (Å²) >= 11 is 0. The van der Waals surface area contributed by atoms with Crippen LogP contribution in [0.2, 0.25) is 0 Å². The van der Waals surface area contributed by atoms with Crippen LogP contribution in [0.3, 0.4) is 0 Å². The van der Waals surface area contributed by atoms with Gasteiger partial charge in [-0.05, 0) is 26.8 Å². The van der Waals surface area contributed by atoms with Crippen molar-refractivity contribution in [2.75, 3.05) is 20.1 Å². The van der Waals surface area contributed by atoms with E-state index in [9.17, 15) is 9.59 Å². The molecule has 1 unspecified atom stereocenters. The van der Waals surface area contributed by atoms with Crippen LogP contribution in [0, 0.1) is 0 Å². The minimum Gasteiger partial charge on any atom is -0.348 e. The molecule has 7 nitrogen and oxygen atoms in total. The van der Waals surface area contributed by atoms with E-state index in [4.69, 9.17) is 5.73 Å². The molecule has 1 atom stereocenters. The maximum Gasteiger partial charge on any atom is 0.247 e. The number of likely N-dealkylation sites (N-methyl/N-ethyl adjacent to an activating group) is 1. The maximum atomic E-state index is 12.2. The Morgan fingerprint density at radius 1 is 1.50 bits per heavy atom. The third kappa shape index (κ3) is 4.34. The van der Waals surface area contributed by atoms with Gasteiger partial charge in [0, 0.05) is 31.5 Å². The predicted octanol–water partition coefficient (Wildman–Crippen LogP) is -0.244. The van der Waals surface area contributed by atoms with Gasteiger partial charge < -0.3 is 16.0 Å². The Kier molecular flexibility index (Phi) is 5.26. The molecule has 0 aliphatic rings. The minimum absolute atomic E-state index is 0.00608. The van der Waals surface area contributed by atoms with Crippen LogP contribution in [0.1, 0.15) is 26.8 Å². The van der Waals surface area contributed by atoms with Gasteiger partial charge in [0.15, 0.2) is 0 Å². The second-order valence-electron chi connectivity index (χ2n) is 5.49. The van der Waals surface area contributed by atoms with Crippen LogP contribution in [0.25, 0.3) is 0 Å². The molecule has 0 aromatic carbocycles. The molecule has 1 rings (SSSR count). The van der Waals surface area contributed by atoms with E-state index in [1.807, 2.05) is 13.8 Å². The van der Waals surface area contributed by atoms with Crippen molar-refractivity contribution in [2.45, 2.75) is 32.4 Å². The summed E-state index contributed by atoms with van der Waals surface area (Å²) in [5.41, 5.74) is 5.07. The highest BCUT2D eigenvalue weighted by atomic mass is 16.2. The number of hydrogen-bond donors (Lipinski definition) is 2. The molecule has 0 bridgehead atoms. The largest absolute Gasteiger partial charge is 0.348 e. The molecule has 2 amide bonds. The highest BCUT2D eigenvalue weighted by molar-refractivity contribution is 5.86. The lowest BCUT2D eigenvalue weighted by Crippen LogP contribution is -2.52. The second kappa shape index (κ2) is 6.51. The SMILES string of the molecule is CC(C(=O)N(C)CC(=O)NC(C)(C)CN)n1cccn1. The first-order chi connectivity index (χ1) is 9.26. The lowest BCUT2D eigenvalue weighted by atomic mass is 10.1. The Balaban J connectivity index is 2.56. The molecular formula is C13H23N5O2. The molecule has 3 N–H and O–H groups in total. The molecule has 0 aliphatic carbocycles. The molecule has 0 aliphatic heterocycles. The van der Waals surface area contributed by atoms with Crippen LogP contribution in [-0.4, -0.2) is 52.2 Å². The lowest BCUT2D eigenvalue weighted by molar-refractivity contribution is -0.137. The van der Waals surface area contributed by atoms with Gasteiger partial charge in [-0.15, -0.1) is 0 Å². The van der Waals surface area contributed by atoms with E-state index in [0.29, 0.717) is 6.54 Å². The second-order valence-corrected chi connectivity index (χ2v) is 5.49. The van der Waals surface area contributed by atoms with Gasteiger partial charge in [0.1, 0.15) is 6.04 Å². The standard InChI is InChI=1S/C13H23N5O2/c1-10(18-7-5-6-15-18)12(20)17(4)8-11(19)16-13(2,3)9-14/h5-7,10H,8-9,14H2,1-4H3,(H,16,19). The van der Waals surface area contributed by atoms with Crippen LogP contribution >= 0.6 is 0 Å². The van der Waals surface area contributed by atoms with Gasteiger partial charge in [-0.2, -0.15) is 5.10 Å². The van der Waals surface area contributed by atoms with E-state index in [1.54, 1.807) is 37.1 Å². The zero-order chi connectivity index (χ0) is 15.3. The Morgan fingerprint density at radius 2 is 2.15 bits per heavy atom. The van der Waals surface area contributed by atoms with E-state index in [1.165, 1.54) is 4.90 Å². The number of rotatable bonds is 6. The maximum absolute atomic E-state index is 12.2. The summed E-state index contributed by atoms with van der Waals surface area (Å²) in [5.74, 6) is -0.404. The molecule has 0 fully saturated rings. The Bertz CT molecular complexity index is 455. The lowest BCUT2D eigenvalue weighted by Gasteiger charge is -2.27. The van der Waals surface area contributed by atoms with E-state index >= 15 is 0 Å². The summed E-state index contributed by atoms with van der Waals surface area (Å²) in [4.78, 5) is 25.4. The summed E-state index contributed by atoms with van der Waals surface area (Å²) < 4.78 is 1.56. The van der Waals surface area contributed by atoms with Crippen molar-refractivity contribution in [1.82, 2.24) is 20.0 Å². The van der Waals surface area contributed by atoms with Crippen LogP contribution in [0.4, 0.5) is 0 Å². The first-order valence-electron chi connectivity index (χ1n) is 6.52. The normalized spacial score (nSPS) is 12.8. The van der Waals surface area contributed by atoms with Crippen molar-refractivity contribution >= 4 is 11.8 Å². The third-order valence-electron chi connectivity index (χ3n) is 3.02. The van der Waals surface area contributed by atoms with Crippen LogP contribution in [0.15, 0.2) is 18.5 Å². The fraction of sp³-hybridized carbons (Fsp3) is 0.615. The molecule has 0 saturated carbocycles. The molecule has 1 aromatic rings. The van der Waals surface area contributed by atoms with Crippen molar-refractivity contribution in [2.24, 2.45) is 5.73 Å². The first kappa shape index (κ1) is 16.2. The molecular weight excluding hydrogens is 258 g/mol. The van der Waals surface area contributed by atoms with E-state index < -0.39 is 11.6 Å². The third-order valence-corrected chi connectivity index (χ3v) is 3.02. The van der Waals surface area contributed by atoms with Gasteiger partial charge in [-0.25, -0.2) is 0 Å². The summed E-state index contributed by atoms with van der Waals surface area (Å²) in [6.45, 7) is 5.74. The van der Waals surface area contributed by atoms with Gasteiger partial charge in [0.05, 0.1) is 6.54 Å². The number of nitrogens with one attached hydrogen (secondary N) is 1. The number of hydrogen-bond acceptors (Lipinski definition) is 4. The van der Waals surface area contributed by atoms with Crippen LogP contribution in [-0.2, 0) is 9.59 Å². The summed E-state index contributed by atoms with van der Waals surface area (Å²) in [5, 5.41) is 6.81. The van der Waals surface area contributed by atoms with Gasteiger partial charge >= 0.3 is 0 Å². The van der Waals surface area contributed by atoms with Crippen molar-refractivity contribution in [3.05, 3.63) is 18.5 Å². The number of nitrogens with zero attached hydrogens (tertiary/aromatic N) is 3. The Labute approximate surface area is 119 Å². The van der Waals surface area contributed by atoms with E-state index in [-0.39, 0.29) is 18.4 Å². The summed E-state index contributed by atoms with van der Waals surface area (Å²) in [6.07, 6.45) is 3.33. The Hall–Kier alpha value is -1.89. The van der Waals surface area contributed by atoms with Crippen molar-refractivity contribution < 1.29 is 9.59 Å². The highest BCUT2D eigenvalue weighted by Gasteiger charge is 2.23. The number of carbonyl (C=O) groups is 2. The molecule has 0 saturated heterocycles. The fourth-order valence-electron chi connectivity index (χ4n) is 1.70. The predicted molar refractivity (Wildman–Crippen MR) is 75.9 cm³/mol. The van der Waals surface area contributed by atoms with Gasteiger partial charge in [0.25, 0.3) is 0 Å². The molecule has 1 aromatic heterocycles. The average molecular weight is 281 g/mol. The first-order valence-corrected chi connectivity index (χ1v) is 6.52. The molecule has 112 valence electrons. The highest BCUT2D eigenvalue weighted by Crippen LogP contribution is 2.07. The molecule has 1 heterocycles. The molecule has 7 heteroatoms. The van der Waals surface area contributed by atoms with Crippen molar-refractivity contribution in [3.63, 3.8) is 0 Å². The van der Waals surface area contributed by atoms with E-state index in [2.05, 4.69) is 10.4 Å². The van der Waals surface area contributed by atoms with Crippen LogP contribution in [0.5, 0.6) is 0 Å². The monoisotopic (exact) mass is 281 g/mol. The number of aromatic nitrogens is 2. The zero-order valence-corrected chi connectivity index (χ0v) is 12.5. The molecule has 0 spiro atoms. The summed E-state index contributed by atoms with van der Waals surface area (Å²) in [6, 6.07) is 1.31. The van der Waals surface area contributed by atoms with Crippen LogP contribution < -0.4 is 11.1 Å². The smallest absolute Gasteiger partial charge is 0.247 e. The quantitative estimate of drug-likeness (QED) is 0.752. The van der Waals surface area contributed by atoms with Gasteiger partial charge in [0.2, 0.25) is 11.8 Å². The zero-order valence-electron chi connectivity index (χ0n) is 12.5. The van der Waals surface area contributed by atoms with Crippen molar-refractivity contribution in [3.8, 4) is 0 Å². The average Bonchev–Trinajstić information content (AvgIpc) is 2.89. The number of carbonyl (C=O) groups excluding carboxylic acids is 2. The minimum atomic E-state index is -0.478. The number of amides is 2. The van der Waals surface area contributed by atoms with E-state index in [0.717, 1.165) is 0 Å². The van der Waals surface area contributed by atoms with Gasteiger partial charge in [-0.1, -0.05) is 0 Å². The molecule has 20 heavy (non-hydrogen) atoms.